The van der Waals surface area contributed by atoms with Gasteiger partial charge in [0.15, 0.2) is 5.16 Å². The van der Waals surface area contributed by atoms with Gasteiger partial charge in [0.05, 0.1) is 5.75 Å². The molecule has 1 aromatic carbocycles. The van der Waals surface area contributed by atoms with E-state index in [0.29, 0.717) is 5.69 Å². The van der Waals surface area contributed by atoms with Gasteiger partial charge in [0.2, 0.25) is 5.91 Å². The van der Waals surface area contributed by atoms with Crippen LogP contribution in [0.15, 0.2) is 29.4 Å². The number of carbonyl (C=O) groups excluding carboxylic acids is 1. The molecule has 1 aromatic heterocycles. The van der Waals surface area contributed by atoms with Gasteiger partial charge >= 0.3 is 0 Å². The Bertz CT molecular complexity index is 656. The fraction of sp³-hybridized carbons (Fsp3) is 0.400. The monoisotopic (exact) mass is 320 g/mol. The molecule has 0 unspecified atom stereocenters. The van der Waals surface area contributed by atoms with E-state index in [0.717, 1.165) is 36.8 Å². The molecule has 0 bridgehead atoms. The topological polar surface area (TPSA) is 59.8 Å². The fourth-order valence-corrected chi connectivity index (χ4v) is 3.21. The van der Waals surface area contributed by atoms with Crippen molar-refractivity contribution in [2.75, 3.05) is 11.1 Å². The highest BCUT2D eigenvalue weighted by Gasteiger charge is 2.16. The fourth-order valence-electron chi connectivity index (χ4n) is 2.43. The van der Waals surface area contributed by atoms with Crippen LogP contribution in [0, 0.1) is 5.82 Å². The maximum atomic E-state index is 12.8. The van der Waals surface area contributed by atoms with Crippen LogP contribution in [0.25, 0.3) is 0 Å². The summed E-state index contributed by atoms with van der Waals surface area (Å²) in [4.78, 5) is 11.9. The van der Waals surface area contributed by atoms with Crippen LogP contribution in [0.4, 0.5) is 10.1 Å². The Kier molecular flexibility index (Phi) is 4.72. The number of fused-ring (bicyclic) bond motifs is 1. The zero-order chi connectivity index (χ0) is 15.4. The second-order valence-electron chi connectivity index (χ2n) is 5.20. The van der Waals surface area contributed by atoms with Gasteiger partial charge in [-0.2, -0.15) is 0 Å². The van der Waals surface area contributed by atoms with Crippen LogP contribution < -0.4 is 5.32 Å². The third-order valence-corrected chi connectivity index (χ3v) is 4.50. The van der Waals surface area contributed by atoms with Crippen molar-refractivity contribution in [3.8, 4) is 0 Å². The van der Waals surface area contributed by atoms with Gasteiger partial charge in [0.1, 0.15) is 11.6 Å². The number of nitrogens with one attached hydrogen (secondary N) is 1. The normalized spacial score (nSPS) is 14.2. The summed E-state index contributed by atoms with van der Waals surface area (Å²) < 4.78 is 14.9. The number of hydrogen-bond donors (Lipinski definition) is 1. The predicted molar refractivity (Wildman–Crippen MR) is 83.3 cm³/mol. The highest BCUT2D eigenvalue weighted by Crippen LogP contribution is 2.22. The van der Waals surface area contributed by atoms with Crippen molar-refractivity contribution in [1.82, 2.24) is 14.8 Å². The van der Waals surface area contributed by atoms with Crippen molar-refractivity contribution in [3.05, 3.63) is 35.9 Å². The van der Waals surface area contributed by atoms with E-state index in [-0.39, 0.29) is 17.5 Å². The molecule has 7 heteroatoms. The maximum Gasteiger partial charge on any atom is 0.234 e. The lowest BCUT2D eigenvalue weighted by molar-refractivity contribution is -0.113. The minimum Gasteiger partial charge on any atom is -0.325 e. The summed E-state index contributed by atoms with van der Waals surface area (Å²) in [6, 6.07) is 5.73. The standard InChI is InChI=1S/C15H17FN4OS/c16-11-5-7-12(8-6-11)17-14(21)10-22-15-19-18-13-4-2-1-3-9-20(13)15/h5-8H,1-4,9-10H2,(H,17,21). The van der Waals surface area contributed by atoms with Gasteiger partial charge in [-0.15, -0.1) is 10.2 Å². The molecule has 1 amide bonds. The Balaban J connectivity index is 1.57. The summed E-state index contributed by atoms with van der Waals surface area (Å²) >= 11 is 1.38. The Morgan fingerprint density at radius 2 is 2.05 bits per heavy atom. The van der Waals surface area contributed by atoms with Crippen molar-refractivity contribution in [3.63, 3.8) is 0 Å². The molecule has 0 spiro atoms. The van der Waals surface area contributed by atoms with Gasteiger partial charge in [-0.05, 0) is 37.1 Å². The number of amides is 1. The van der Waals surface area contributed by atoms with Crippen LogP contribution in [-0.4, -0.2) is 26.4 Å². The largest absolute Gasteiger partial charge is 0.325 e. The predicted octanol–water partition coefficient (Wildman–Crippen LogP) is 2.87. The zero-order valence-electron chi connectivity index (χ0n) is 12.1. The first-order chi connectivity index (χ1) is 10.7. The number of nitrogens with zero attached hydrogens (tertiary/aromatic N) is 3. The van der Waals surface area contributed by atoms with Crippen LogP contribution in [0.5, 0.6) is 0 Å². The number of aromatic nitrogens is 3. The first-order valence-corrected chi connectivity index (χ1v) is 8.31. The molecule has 0 saturated carbocycles. The van der Waals surface area contributed by atoms with E-state index in [1.807, 2.05) is 0 Å². The van der Waals surface area contributed by atoms with Crippen molar-refractivity contribution >= 4 is 23.4 Å². The molecule has 0 saturated heterocycles. The molecule has 0 radical (unpaired) electrons. The molecule has 3 rings (SSSR count). The molecular weight excluding hydrogens is 303 g/mol. The highest BCUT2D eigenvalue weighted by atomic mass is 32.2. The maximum absolute atomic E-state index is 12.8. The van der Waals surface area contributed by atoms with Crippen LogP contribution in [-0.2, 0) is 17.8 Å². The summed E-state index contributed by atoms with van der Waals surface area (Å²) in [5.74, 6) is 0.815. The van der Waals surface area contributed by atoms with E-state index >= 15 is 0 Å². The number of halogens is 1. The zero-order valence-corrected chi connectivity index (χ0v) is 12.9. The quantitative estimate of drug-likeness (QED) is 0.880. The summed E-state index contributed by atoms with van der Waals surface area (Å²) in [6.07, 6.45) is 4.43. The van der Waals surface area contributed by atoms with Crippen molar-refractivity contribution in [2.24, 2.45) is 0 Å². The van der Waals surface area contributed by atoms with Crippen LogP contribution in [0.2, 0.25) is 0 Å². The lowest BCUT2D eigenvalue weighted by Crippen LogP contribution is -2.14. The van der Waals surface area contributed by atoms with E-state index in [1.165, 1.54) is 30.3 Å². The first-order valence-electron chi connectivity index (χ1n) is 7.33. The number of thioether (sulfide) groups is 1. The minimum atomic E-state index is -0.321. The second kappa shape index (κ2) is 6.91. The molecule has 22 heavy (non-hydrogen) atoms. The van der Waals surface area contributed by atoms with Gasteiger partial charge in [0, 0.05) is 18.7 Å². The van der Waals surface area contributed by atoms with E-state index in [4.69, 9.17) is 0 Å². The molecular formula is C15H17FN4OS. The smallest absolute Gasteiger partial charge is 0.234 e. The molecule has 2 heterocycles. The van der Waals surface area contributed by atoms with Gasteiger partial charge in [-0.25, -0.2) is 4.39 Å². The molecule has 1 aliphatic rings. The average molecular weight is 320 g/mol. The van der Waals surface area contributed by atoms with E-state index in [9.17, 15) is 9.18 Å². The molecule has 0 atom stereocenters. The van der Waals surface area contributed by atoms with Crippen molar-refractivity contribution in [2.45, 2.75) is 37.4 Å². The highest BCUT2D eigenvalue weighted by molar-refractivity contribution is 7.99. The van der Waals surface area contributed by atoms with Crippen molar-refractivity contribution < 1.29 is 9.18 Å². The van der Waals surface area contributed by atoms with Gasteiger partial charge in [-0.1, -0.05) is 18.2 Å². The minimum absolute atomic E-state index is 0.136. The molecule has 1 aliphatic heterocycles. The number of rotatable bonds is 4. The molecule has 5 nitrogen and oxygen atoms in total. The first kappa shape index (κ1) is 15.0. The van der Waals surface area contributed by atoms with Crippen LogP contribution >= 0.6 is 11.8 Å². The number of hydrogen-bond acceptors (Lipinski definition) is 4. The SMILES string of the molecule is O=C(CSc1nnc2n1CCCCC2)Nc1ccc(F)cc1. The Labute approximate surface area is 132 Å². The summed E-state index contributed by atoms with van der Waals surface area (Å²) in [5.41, 5.74) is 0.590. The summed E-state index contributed by atoms with van der Waals surface area (Å²) in [7, 11) is 0. The molecule has 0 fully saturated rings. The van der Waals surface area contributed by atoms with E-state index in [2.05, 4.69) is 20.1 Å². The van der Waals surface area contributed by atoms with Gasteiger partial charge in [0.25, 0.3) is 0 Å². The average Bonchev–Trinajstić information content (AvgIpc) is 2.75. The molecule has 0 aliphatic carbocycles. The van der Waals surface area contributed by atoms with Crippen LogP contribution in [0.1, 0.15) is 25.1 Å². The summed E-state index contributed by atoms with van der Waals surface area (Å²) in [5, 5.41) is 11.9. The lowest BCUT2D eigenvalue weighted by atomic mass is 10.2. The Morgan fingerprint density at radius 1 is 1.23 bits per heavy atom. The Morgan fingerprint density at radius 3 is 2.86 bits per heavy atom. The second-order valence-corrected chi connectivity index (χ2v) is 6.15. The molecule has 1 N–H and O–H groups in total. The van der Waals surface area contributed by atoms with Gasteiger partial charge < -0.3 is 9.88 Å². The third kappa shape index (κ3) is 3.65. The lowest BCUT2D eigenvalue weighted by Gasteiger charge is -2.07. The summed E-state index contributed by atoms with van der Waals surface area (Å²) in [6.45, 7) is 0.921. The van der Waals surface area contributed by atoms with E-state index in [1.54, 1.807) is 12.1 Å². The number of benzene rings is 1. The van der Waals surface area contributed by atoms with Gasteiger partial charge in [-0.3, -0.25) is 4.79 Å². The Hall–Kier alpha value is -1.89. The number of carbonyl (C=O) groups is 1. The number of aryl methyl sites for hydroxylation is 1. The van der Waals surface area contributed by atoms with E-state index < -0.39 is 0 Å². The third-order valence-electron chi connectivity index (χ3n) is 3.54. The van der Waals surface area contributed by atoms with Crippen LogP contribution in [0.3, 0.4) is 0 Å². The molecule has 2 aromatic rings. The number of anilines is 1. The molecule has 116 valence electrons. The van der Waals surface area contributed by atoms with Crippen molar-refractivity contribution in [1.29, 1.82) is 0 Å².